The van der Waals surface area contributed by atoms with E-state index >= 15 is 0 Å². The van der Waals surface area contributed by atoms with Crippen LogP contribution < -0.4 is 10.5 Å². The van der Waals surface area contributed by atoms with Gasteiger partial charge in [-0.15, -0.1) is 0 Å². The van der Waals surface area contributed by atoms with Gasteiger partial charge in [0, 0.05) is 17.3 Å². The van der Waals surface area contributed by atoms with Crippen LogP contribution in [-0.4, -0.2) is 16.7 Å². The van der Waals surface area contributed by atoms with Crippen molar-refractivity contribution in [2.45, 2.75) is 37.8 Å². The molecule has 2 heterocycles. The molecule has 1 saturated carbocycles. The van der Waals surface area contributed by atoms with Crippen LogP contribution in [0.1, 0.15) is 25.0 Å². The summed E-state index contributed by atoms with van der Waals surface area (Å²) in [5, 5.41) is 0. The maximum absolute atomic E-state index is 6.07. The van der Waals surface area contributed by atoms with E-state index in [2.05, 4.69) is 16.7 Å². The normalized spacial score (nSPS) is 21.8. The number of nitrogens with zero attached hydrogens (tertiary/aromatic N) is 1. The first-order chi connectivity index (χ1) is 6.77. The molecule has 1 aromatic rings. The van der Waals surface area contributed by atoms with E-state index in [1.54, 1.807) is 0 Å². The molecule has 0 radical (unpaired) electrons. The first kappa shape index (κ1) is 8.36. The summed E-state index contributed by atoms with van der Waals surface area (Å²) < 4.78 is 7.73. The molecule has 0 bridgehead atoms. The third kappa shape index (κ3) is 1.32. The van der Waals surface area contributed by atoms with Crippen molar-refractivity contribution >= 4 is 0 Å². The molecule has 0 aromatic carbocycles. The second-order valence-corrected chi connectivity index (χ2v) is 4.53. The molecule has 3 rings (SSSR count). The van der Waals surface area contributed by atoms with E-state index in [0.29, 0.717) is 0 Å². The molecule has 0 spiro atoms. The van der Waals surface area contributed by atoms with Crippen molar-refractivity contribution in [1.82, 2.24) is 4.57 Å². The highest BCUT2D eigenvalue weighted by molar-refractivity contribution is 5.24. The van der Waals surface area contributed by atoms with Gasteiger partial charge in [0.05, 0.1) is 6.54 Å². The molecule has 3 nitrogen and oxygen atoms in total. The van der Waals surface area contributed by atoms with E-state index in [4.69, 9.17) is 10.5 Å². The summed E-state index contributed by atoms with van der Waals surface area (Å²) in [5.74, 6) is 1.03. The number of aromatic nitrogens is 1. The number of fused-ring (bicyclic) bond motifs is 1. The Hall–Kier alpha value is -0.960. The second-order valence-electron chi connectivity index (χ2n) is 4.53. The van der Waals surface area contributed by atoms with Crippen LogP contribution in [0.2, 0.25) is 0 Å². The van der Waals surface area contributed by atoms with E-state index in [1.165, 1.54) is 18.5 Å². The highest BCUT2D eigenvalue weighted by Gasteiger charge is 2.37. The molecule has 0 amide bonds. The smallest absolute Gasteiger partial charge is 0.193 e. The summed E-state index contributed by atoms with van der Waals surface area (Å²) in [6.45, 7) is 1.84. The molecule has 0 atom stereocenters. The standard InChI is InChI=1S/C11H16N2O/c12-11(5-6-11)4-3-9-1-2-10-13(9)7-8-14-10/h1-2H,3-8,12H2. The Balaban J connectivity index is 1.71. The molecular formula is C11H16N2O. The van der Waals surface area contributed by atoms with Crippen LogP contribution >= 0.6 is 0 Å². The largest absolute Gasteiger partial charge is 0.477 e. The Morgan fingerprint density at radius 1 is 1.43 bits per heavy atom. The van der Waals surface area contributed by atoms with Gasteiger partial charge in [-0.05, 0) is 31.7 Å². The van der Waals surface area contributed by atoms with Crippen molar-refractivity contribution in [1.29, 1.82) is 0 Å². The third-order valence-electron chi connectivity index (χ3n) is 3.37. The van der Waals surface area contributed by atoms with Gasteiger partial charge in [-0.1, -0.05) is 0 Å². The molecular weight excluding hydrogens is 176 g/mol. The predicted octanol–water partition coefficient (Wildman–Crippen LogP) is 1.30. The summed E-state index contributed by atoms with van der Waals surface area (Å²) >= 11 is 0. The van der Waals surface area contributed by atoms with Crippen molar-refractivity contribution in [3.8, 4) is 5.88 Å². The van der Waals surface area contributed by atoms with Gasteiger partial charge in [0.1, 0.15) is 6.61 Å². The number of ether oxygens (including phenoxy) is 1. The second kappa shape index (κ2) is 2.76. The molecule has 1 aliphatic carbocycles. The molecule has 1 aromatic heterocycles. The fourth-order valence-corrected chi connectivity index (χ4v) is 2.12. The third-order valence-corrected chi connectivity index (χ3v) is 3.37. The number of hydrogen-bond donors (Lipinski definition) is 1. The van der Waals surface area contributed by atoms with Gasteiger partial charge in [0.25, 0.3) is 0 Å². The summed E-state index contributed by atoms with van der Waals surface area (Å²) in [6, 6.07) is 4.23. The Morgan fingerprint density at radius 3 is 3.07 bits per heavy atom. The first-order valence-corrected chi connectivity index (χ1v) is 5.37. The molecule has 1 fully saturated rings. The number of aryl methyl sites for hydroxylation is 1. The van der Waals surface area contributed by atoms with Gasteiger partial charge >= 0.3 is 0 Å². The lowest BCUT2D eigenvalue weighted by Crippen LogP contribution is -2.22. The van der Waals surface area contributed by atoms with Crippen molar-refractivity contribution < 1.29 is 4.74 Å². The highest BCUT2D eigenvalue weighted by atomic mass is 16.5. The van der Waals surface area contributed by atoms with E-state index in [-0.39, 0.29) is 5.54 Å². The maximum atomic E-state index is 6.07. The van der Waals surface area contributed by atoms with Gasteiger partial charge in [-0.25, -0.2) is 0 Å². The fraction of sp³-hybridized carbons (Fsp3) is 0.636. The van der Waals surface area contributed by atoms with E-state index in [9.17, 15) is 0 Å². The van der Waals surface area contributed by atoms with Crippen LogP contribution in [-0.2, 0) is 13.0 Å². The van der Waals surface area contributed by atoms with Crippen molar-refractivity contribution in [2.24, 2.45) is 5.73 Å². The van der Waals surface area contributed by atoms with Crippen LogP contribution in [0.3, 0.4) is 0 Å². The molecule has 0 saturated heterocycles. The van der Waals surface area contributed by atoms with Crippen molar-refractivity contribution in [3.05, 3.63) is 17.8 Å². The maximum Gasteiger partial charge on any atom is 0.193 e. The quantitative estimate of drug-likeness (QED) is 0.784. The molecule has 1 aliphatic heterocycles. The Morgan fingerprint density at radius 2 is 2.29 bits per heavy atom. The van der Waals surface area contributed by atoms with Gasteiger partial charge in [-0.2, -0.15) is 0 Å². The van der Waals surface area contributed by atoms with E-state index in [1.807, 2.05) is 0 Å². The summed E-state index contributed by atoms with van der Waals surface area (Å²) in [5.41, 5.74) is 7.62. The summed E-state index contributed by atoms with van der Waals surface area (Å²) in [4.78, 5) is 0. The van der Waals surface area contributed by atoms with Crippen LogP contribution in [0.5, 0.6) is 5.88 Å². The first-order valence-electron chi connectivity index (χ1n) is 5.37. The van der Waals surface area contributed by atoms with Crippen molar-refractivity contribution in [3.63, 3.8) is 0 Å². The molecule has 0 unspecified atom stereocenters. The lowest BCUT2D eigenvalue weighted by molar-refractivity contribution is 0.357. The Kier molecular flexibility index (Phi) is 1.65. The summed E-state index contributed by atoms with van der Waals surface area (Å²) in [6.07, 6.45) is 4.63. The average molecular weight is 192 g/mol. The predicted molar refractivity (Wildman–Crippen MR) is 54.4 cm³/mol. The SMILES string of the molecule is NC1(CCc2ccc3n2CCO3)CC1. The van der Waals surface area contributed by atoms with E-state index < -0.39 is 0 Å². The van der Waals surface area contributed by atoms with E-state index in [0.717, 1.165) is 31.9 Å². The zero-order chi connectivity index (χ0) is 9.60. The minimum atomic E-state index is 0.171. The summed E-state index contributed by atoms with van der Waals surface area (Å²) in [7, 11) is 0. The monoisotopic (exact) mass is 192 g/mol. The average Bonchev–Trinajstić information content (AvgIpc) is 2.65. The fourth-order valence-electron chi connectivity index (χ4n) is 2.12. The van der Waals surface area contributed by atoms with Crippen LogP contribution in [0, 0.1) is 0 Å². The lowest BCUT2D eigenvalue weighted by Gasteiger charge is -2.08. The van der Waals surface area contributed by atoms with Crippen LogP contribution in [0.25, 0.3) is 0 Å². The van der Waals surface area contributed by atoms with Crippen LogP contribution in [0.4, 0.5) is 0 Å². The topological polar surface area (TPSA) is 40.2 Å². The number of rotatable bonds is 3. The van der Waals surface area contributed by atoms with Crippen LogP contribution in [0.15, 0.2) is 12.1 Å². The zero-order valence-corrected chi connectivity index (χ0v) is 8.33. The van der Waals surface area contributed by atoms with Gasteiger partial charge < -0.3 is 15.0 Å². The number of nitrogens with two attached hydrogens (primary N) is 1. The van der Waals surface area contributed by atoms with Crippen molar-refractivity contribution in [2.75, 3.05) is 6.61 Å². The Bertz CT molecular complexity index is 352. The molecule has 14 heavy (non-hydrogen) atoms. The number of hydrogen-bond acceptors (Lipinski definition) is 2. The molecule has 3 heteroatoms. The van der Waals surface area contributed by atoms with Gasteiger partial charge in [0.2, 0.25) is 0 Å². The Labute approximate surface area is 83.8 Å². The molecule has 2 N–H and O–H groups in total. The zero-order valence-electron chi connectivity index (χ0n) is 8.33. The minimum absolute atomic E-state index is 0.171. The highest BCUT2D eigenvalue weighted by Crippen LogP contribution is 2.37. The minimum Gasteiger partial charge on any atom is -0.477 e. The molecule has 2 aliphatic rings. The molecule has 76 valence electrons. The lowest BCUT2D eigenvalue weighted by atomic mass is 10.1. The van der Waals surface area contributed by atoms with Gasteiger partial charge in [-0.3, -0.25) is 0 Å². The van der Waals surface area contributed by atoms with Gasteiger partial charge in [0.15, 0.2) is 5.88 Å².